The standard InChI is InChI=1S/C15H20N2O4/c1-12(18)16-7-9-17(10-8-16)15(20)6-11-21-14-4-2-13(19)3-5-14/h2-5,19H,6-11H2,1H3. The minimum atomic E-state index is 0.0389. The average Bonchev–Trinajstić information content (AvgIpc) is 2.49. The molecule has 6 nitrogen and oxygen atoms in total. The van der Waals surface area contributed by atoms with Gasteiger partial charge in [-0.1, -0.05) is 0 Å². The largest absolute Gasteiger partial charge is 0.508 e. The molecule has 114 valence electrons. The maximum atomic E-state index is 12.0. The Morgan fingerprint density at radius 2 is 1.67 bits per heavy atom. The van der Waals surface area contributed by atoms with Crippen LogP contribution in [0.5, 0.6) is 11.5 Å². The van der Waals surface area contributed by atoms with Gasteiger partial charge in [0.2, 0.25) is 11.8 Å². The molecule has 21 heavy (non-hydrogen) atoms. The normalized spacial score (nSPS) is 14.9. The fraction of sp³-hybridized carbons (Fsp3) is 0.467. The molecule has 0 atom stereocenters. The second kappa shape index (κ2) is 6.97. The molecule has 0 spiro atoms. The Kier molecular flexibility index (Phi) is 5.03. The Labute approximate surface area is 123 Å². The molecule has 0 aromatic heterocycles. The van der Waals surface area contributed by atoms with Gasteiger partial charge >= 0.3 is 0 Å². The molecule has 6 heteroatoms. The van der Waals surface area contributed by atoms with Gasteiger partial charge in [0.1, 0.15) is 11.5 Å². The predicted molar refractivity (Wildman–Crippen MR) is 77.1 cm³/mol. The number of carbonyl (C=O) groups excluding carboxylic acids is 2. The number of phenolic OH excluding ortho intramolecular Hbond substituents is 1. The Balaban J connectivity index is 1.70. The molecule has 1 saturated heterocycles. The summed E-state index contributed by atoms with van der Waals surface area (Å²) in [5, 5.41) is 9.16. The third-order valence-electron chi connectivity index (χ3n) is 3.50. The third kappa shape index (κ3) is 4.37. The monoisotopic (exact) mass is 292 g/mol. The lowest BCUT2D eigenvalue weighted by Gasteiger charge is -2.34. The first-order chi connectivity index (χ1) is 10.1. The van der Waals surface area contributed by atoms with Crippen molar-refractivity contribution in [1.82, 2.24) is 9.80 Å². The number of amides is 2. The van der Waals surface area contributed by atoms with Crippen molar-refractivity contribution in [3.63, 3.8) is 0 Å². The van der Waals surface area contributed by atoms with Crippen LogP contribution in [-0.2, 0) is 9.59 Å². The summed E-state index contributed by atoms with van der Waals surface area (Å²) in [5.41, 5.74) is 0. The van der Waals surface area contributed by atoms with Crippen LogP contribution in [-0.4, -0.2) is 59.5 Å². The maximum absolute atomic E-state index is 12.0. The zero-order valence-electron chi connectivity index (χ0n) is 12.1. The van der Waals surface area contributed by atoms with Gasteiger partial charge in [0.25, 0.3) is 0 Å². The van der Waals surface area contributed by atoms with E-state index in [1.807, 2.05) is 0 Å². The number of piperazine rings is 1. The van der Waals surface area contributed by atoms with E-state index in [0.717, 1.165) is 0 Å². The molecule has 1 fully saturated rings. The van der Waals surface area contributed by atoms with Crippen molar-refractivity contribution in [2.75, 3.05) is 32.8 Å². The molecule has 0 bridgehead atoms. The zero-order valence-corrected chi connectivity index (χ0v) is 12.1. The van der Waals surface area contributed by atoms with E-state index in [1.54, 1.807) is 28.9 Å². The van der Waals surface area contributed by atoms with E-state index in [9.17, 15) is 9.59 Å². The van der Waals surface area contributed by atoms with Crippen LogP contribution in [0.4, 0.5) is 0 Å². The molecule has 0 saturated carbocycles. The molecule has 1 aliphatic heterocycles. The van der Waals surface area contributed by atoms with E-state index >= 15 is 0 Å². The first-order valence-corrected chi connectivity index (χ1v) is 7.01. The van der Waals surface area contributed by atoms with Crippen LogP contribution in [0.3, 0.4) is 0 Å². The van der Waals surface area contributed by atoms with Gasteiger partial charge in [-0.05, 0) is 24.3 Å². The van der Waals surface area contributed by atoms with Crippen LogP contribution < -0.4 is 4.74 Å². The van der Waals surface area contributed by atoms with Gasteiger partial charge in [0.15, 0.2) is 0 Å². The summed E-state index contributed by atoms with van der Waals surface area (Å²) in [6.07, 6.45) is 0.306. The first kappa shape index (κ1) is 15.2. The van der Waals surface area contributed by atoms with E-state index in [-0.39, 0.29) is 17.6 Å². The highest BCUT2D eigenvalue weighted by molar-refractivity contribution is 5.77. The smallest absolute Gasteiger partial charge is 0.226 e. The highest BCUT2D eigenvalue weighted by atomic mass is 16.5. The minimum absolute atomic E-state index is 0.0389. The number of benzene rings is 1. The maximum Gasteiger partial charge on any atom is 0.226 e. The van der Waals surface area contributed by atoms with Crippen molar-refractivity contribution >= 4 is 11.8 Å². The van der Waals surface area contributed by atoms with Gasteiger partial charge in [-0.25, -0.2) is 0 Å². The molecular formula is C15H20N2O4. The molecule has 1 aromatic carbocycles. The molecule has 0 radical (unpaired) electrons. The number of aromatic hydroxyl groups is 1. The molecule has 2 rings (SSSR count). The number of phenols is 1. The Morgan fingerprint density at radius 1 is 1.10 bits per heavy atom. The SMILES string of the molecule is CC(=O)N1CCN(C(=O)CCOc2ccc(O)cc2)CC1. The van der Waals surface area contributed by atoms with Crippen LogP contribution in [0, 0.1) is 0 Å². The van der Waals surface area contributed by atoms with Crippen molar-refractivity contribution < 1.29 is 19.4 Å². The van der Waals surface area contributed by atoms with Crippen molar-refractivity contribution in [3.8, 4) is 11.5 Å². The Hall–Kier alpha value is -2.24. The second-order valence-electron chi connectivity index (χ2n) is 4.98. The third-order valence-corrected chi connectivity index (χ3v) is 3.50. The average molecular weight is 292 g/mol. The molecule has 1 N–H and O–H groups in total. The first-order valence-electron chi connectivity index (χ1n) is 7.01. The molecule has 1 aromatic rings. The quantitative estimate of drug-likeness (QED) is 0.893. The fourth-order valence-corrected chi connectivity index (χ4v) is 2.23. The molecule has 0 unspecified atom stereocenters. The topological polar surface area (TPSA) is 70.1 Å². The van der Waals surface area contributed by atoms with Crippen LogP contribution in [0.2, 0.25) is 0 Å². The lowest BCUT2D eigenvalue weighted by molar-refractivity contribution is -0.138. The summed E-state index contributed by atoms with van der Waals surface area (Å²) in [5.74, 6) is 0.901. The lowest BCUT2D eigenvalue weighted by atomic mass is 10.3. The fourth-order valence-electron chi connectivity index (χ4n) is 2.23. The number of carbonyl (C=O) groups is 2. The summed E-state index contributed by atoms with van der Waals surface area (Å²) in [7, 11) is 0. The summed E-state index contributed by atoms with van der Waals surface area (Å²) in [4.78, 5) is 26.7. The molecular weight excluding hydrogens is 272 g/mol. The van der Waals surface area contributed by atoms with Gasteiger partial charge in [-0.15, -0.1) is 0 Å². The molecule has 1 heterocycles. The van der Waals surface area contributed by atoms with Crippen LogP contribution in [0.1, 0.15) is 13.3 Å². The minimum Gasteiger partial charge on any atom is -0.508 e. The van der Waals surface area contributed by atoms with Crippen molar-refractivity contribution in [2.24, 2.45) is 0 Å². The van der Waals surface area contributed by atoms with E-state index in [1.165, 1.54) is 12.1 Å². The van der Waals surface area contributed by atoms with E-state index < -0.39 is 0 Å². The van der Waals surface area contributed by atoms with Crippen LogP contribution >= 0.6 is 0 Å². The van der Waals surface area contributed by atoms with Gasteiger partial charge in [0.05, 0.1) is 13.0 Å². The van der Waals surface area contributed by atoms with Crippen molar-refractivity contribution in [1.29, 1.82) is 0 Å². The van der Waals surface area contributed by atoms with E-state index in [4.69, 9.17) is 9.84 Å². The van der Waals surface area contributed by atoms with Crippen molar-refractivity contribution in [2.45, 2.75) is 13.3 Å². The highest BCUT2D eigenvalue weighted by Gasteiger charge is 2.21. The predicted octanol–water partition coefficient (Wildman–Crippen LogP) is 0.852. The van der Waals surface area contributed by atoms with Gasteiger partial charge < -0.3 is 19.6 Å². The van der Waals surface area contributed by atoms with Crippen LogP contribution in [0.15, 0.2) is 24.3 Å². The lowest BCUT2D eigenvalue weighted by Crippen LogP contribution is -2.50. The summed E-state index contributed by atoms with van der Waals surface area (Å²) in [6, 6.07) is 6.40. The van der Waals surface area contributed by atoms with Gasteiger partial charge in [-0.3, -0.25) is 9.59 Å². The summed E-state index contributed by atoms with van der Waals surface area (Å²) in [6.45, 7) is 4.20. The summed E-state index contributed by atoms with van der Waals surface area (Å²) < 4.78 is 5.46. The van der Waals surface area contributed by atoms with E-state index in [0.29, 0.717) is 45.0 Å². The van der Waals surface area contributed by atoms with E-state index in [2.05, 4.69) is 0 Å². The van der Waals surface area contributed by atoms with Crippen LogP contribution in [0.25, 0.3) is 0 Å². The Morgan fingerprint density at radius 3 is 2.24 bits per heavy atom. The number of nitrogens with zero attached hydrogens (tertiary/aromatic N) is 2. The second-order valence-corrected chi connectivity index (χ2v) is 4.98. The molecule has 1 aliphatic rings. The van der Waals surface area contributed by atoms with Crippen molar-refractivity contribution in [3.05, 3.63) is 24.3 Å². The Bertz CT molecular complexity index is 493. The molecule has 0 aliphatic carbocycles. The van der Waals surface area contributed by atoms with Gasteiger partial charge in [0, 0.05) is 33.1 Å². The number of hydrogen-bond donors (Lipinski definition) is 1. The highest BCUT2D eigenvalue weighted by Crippen LogP contribution is 2.16. The number of hydrogen-bond acceptors (Lipinski definition) is 4. The number of ether oxygens (including phenoxy) is 1. The number of rotatable bonds is 4. The molecule has 2 amide bonds. The zero-order chi connectivity index (χ0) is 15.2. The van der Waals surface area contributed by atoms with Gasteiger partial charge in [-0.2, -0.15) is 0 Å². The summed E-state index contributed by atoms with van der Waals surface area (Å²) >= 11 is 0.